The van der Waals surface area contributed by atoms with Gasteiger partial charge in [-0.05, 0) is 38.4 Å². The third-order valence-corrected chi connectivity index (χ3v) is 7.41. The van der Waals surface area contributed by atoms with Gasteiger partial charge in [0, 0.05) is 30.7 Å². The number of ether oxygens (including phenoxy) is 3. The molecule has 0 saturated carbocycles. The summed E-state index contributed by atoms with van der Waals surface area (Å²) in [7, 11) is 3.13. The molecule has 5 heterocycles. The van der Waals surface area contributed by atoms with Crippen LogP contribution >= 0.6 is 11.3 Å². The van der Waals surface area contributed by atoms with Crippen molar-refractivity contribution in [2.75, 3.05) is 58.5 Å². The van der Waals surface area contributed by atoms with E-state index >= 15 is 0 Å². The smallest absolute Gasteiger partial charge is 0.319 e. The lowest BCUT2D eigenvalue weighted by atomic mass is 10.1. The summed E-state index contributed by atoms with van der Waals surface area (Å²) >= 11 is 1.58. The quantitative estimate of drug-likeness (QED) is 0.492. The number of aromatic nitrogens is 4. The third-order valence-electron chi connectivity index (χ3n) is 6.34. The molecule has 9 nitrogen and oxygen atoms in total. The van der Waals surface area contributed by atoms with Gasteiger partial charge in [0.15, 0.2) is 0 Å². The van der Waals surface area contributed by atoms with E-state index < -0.39 is 0 Å². The van der Waals surface area contributed by atoms with E-state index in [1.807, 2.05) is 0 Å². The molecule has 1 unspecified atom stereocenters. The Morgan fingerprint density at radius 3 is 2.76 bits per heavy atom. The molecule has 176 valence electrons. The second-order valence-electron chi connectivity index (χ2n) is 8.44. The van der Waals surface area contributed by atoms with Crippen molar-refractivity contribution < 1.29 is 14.2 Å². The first-order valence-electron chi connectivity index (χ1n) is 11.5. The van der Waals surface area contributed by atoms with Crippen molar-refractivity contribution in [3.05, 3.63) is 18.6 Å². The van der Waals surface area contributed by atoms with Crippen LogP contribution in [0.4, 0.5) is 5.82 Å². The maximum Gasteiger partial charge on any atom is 0.319 e. The first kappa shape index (κ1) is 22.2. The zero-order chi connectivity index (χ0) is 22.6. The Balaban J connectivity index is 1.29. The summed E-state index contributed by atoms with van der Waals surface area (Å²) < 4.78 is 16.8. The van der Waals surface area contributed by atoms with Crippen molar-refractivity contribution in [2.45, 2.75) is 31.8 Å². The lowest BCUT2D eigenvalue weighted by molar-refractivity contribution is 0.0467. The van der Waals surface area contributed by atoms with E-state index in [1.165, 1.54) is 39.5 Å². The summed E-state index contributed by atoms with van der Waals surface area (Å²) in [6, 6.07) is 2.38. The summed E-state index contributed by atoms with van der Waals surface area (Å²) in [5, 5.41) is 1.03. The van der Waals surface area contributed by atoms with Gasteiger partial charge in [-0.15, -0.1) is 11.3 Å². The fraction of sp³-hybridized carbons (Fsp3) is 0.565. The Labute approximate surface area is 197 Å². The number of piperidine rings is 1. The van der Waals surface area contributed by atoms with Crippen molar-refractivity contribution >= 4 is 27.4 Å². The normalized spacial score (nSPS) is 19.3. The van der Waals surface area contributed by atoms with Gasteiger partial charge >= 0.3 is 6.01 Å². The molecule has 2 aliphatic heterocycles. The molecule has 2 fully saturated rings. The molecule has 33 heavy (non-hydrogen) atoms. The predicted molar refractivity (Wildman–Crippen MR) is 128 cm³/mol. The second kappa shape index (κ2) is 10.1. The van der Waals surface area contributed by atoms with Gasteiger partial charge in [-0.2, -0.15) is 4.98 Å². The number of hydrogen-bond donors (Lipinski definition) is 0. The first-order chi connectivity index (χ1) is 16.2. The summed E-state index contributed by atoms with van der Waals surface area (Å²) in [6.07, 6.45) is 8.63. The number of likely N-dealkylation sites (tertiary alicyclic amines) is 1. The van der Waals surface area contributed by atoms with Crippen molar-refractivity contribution in [3.8, 4) is 22.3 Å². The average molecular weight is 471 g/mol. The highest BCUT2D eigenvalue weighted by Crippen LogP contribution is 2.39. The molecule has 0 spiro atoms. The van der Waals surface area contributed by atoms with Crippen LogP contribution in [0.5, 0.6) is 11.9 Å². The lowest BCUT2D eigenvalue weighted by Crippen LogP contribution is -2.34. The van der Waals surface area contributed by atoms with E-state index in [0.717, 1.165) is 59.1 Å². The second-order valence-corrected chi connectivity index (χ2v) is 9.47. The maximum absolute atomic E-state index is 6.23. The van der Waals surface area contributed by atoms with Crippen molar-refractivity contribution in [1.29, 1.82) is 0 Å². The van der Waals surface area contributed by atoms with E-state index in [-0.39, 0.29) is 12.1 Å². The van der Waals surface area contributed by atoms with E-state index in [9.17, 15) is 0 Å². The van der Waals surface area contributed by atoms with Gasteiger partial charge in [0.1, 0.15) is 17.0 Å². The Morgan fingerprint density at radius 2 is 1.94 bits per heavy atom. The molecule has 0 aliphatic carbocycles. The Morgan fingerprint density at radius 1 is 1.06 bits per heavy atom. The minimum atomic E-state index is 0.244. The van der Waals surface area contributed by atoms with Crippen LogP contribution in [0.25, 0.3) is 20.7 Å². The molecule has 3 aromatic heterocycles. The van der Waals surface area contributed by atoms with Gasteiger partial charge in [0.05, 0.1) is 37.9 Å². The predicted octanol–water partition coefficient (Wildman–Crippen LogP) is 3.25. The summed E-state index contributed by atoms with van der Waals surface area (Å²) in [5.74, 6) is 1.43. The number of rotatable bonds is 8. The molecule has 0 N–H and O–H groups in total. The van der Waals surface area contributed by atoms with Gasteiger partial charge < -0.3 is 24.0 Å². The summed E-state index contributed by atoms with van der Waals surface area (Å²) in [6.45, 7) is 6.05. The standard InChI is InChI=1S/C23H30N6O3S/c1-30-21-18(13-24-23(27-21)31-2)19-12-17-20(25-15-26-22(17)33-19)29-9-6-16(14-29)32-11-10-28-7-4-3-5-8-28/h12-13,15-16H,3-11,14H2,1-2H3. The van der Waals surface area contributed by atoms with Crippen molar-refractivity contribution in [2.24, 2.45) is 0 Å². The van der Waals surface area contributed by atoms with Gasteiger partial charge in [-0.1, -0.05) is 6.42 Å². The topological polar surface area (TPSA) is 85.7 Å². The number of anilines is 1. The molecule has 0 aromatic carbocycles. The van der Waals surface area contributed by atoms with Crippen LogP contribution in [-0.4, -0.2) is 84.5 Å². The molecular formula is C23H30N6O3S. The maximum atomic E-state index is 6.23. The molecule has 10 heteroatoms. The molecule has 5 rings (SSSR count). The van der Waals surface area contributed by atoms with Gasteiger partial charge in [0.2, 0.25) is 5.88 Å². The Kier molecular flexibility index (Phi) is 6.84. The van der Waals surface area contributed by atoms with Crippen LogP contribution in [0.15, 0.2) is 18.6 Å². The Hall–Kier alpha value is -2.56. The van der Waals surface area contributed by atoms with Gasteiger partial charge in [0.25, 0.3) is 0 Å². The molecule has 0 bridgehead atoms. The zero-order valence-corrected chi connectivity index (χ0v) is 20.0. The molecule has 2 saturated heterocycles. The van der Waals surface area contributed by atoms with Crippen LogP contribution in [-0.2, 0) is 4.74 Å². The Bertz CT molecular complexity index is 1090. The molecule has 3 aromatic rings. The molecular weight excluding hydrogens is 440 g/mol. The van der Waals surface area contributed by atoms with E-state index in [1.54, 1.807) is 31.0 Å². The van der Waals surface area contributed by atoms with E-state index in [0.29, 0.717) is 5.88 Å². The third kappa shape index (κ3) is 4.87. The van der Waals surface area contributed by atoms with E-state index in [2.05, 4.69) is 35.8 Å². The highest BCUT2D eigenvalue weighted by Gasteiger charge is 2.27. The van der Waals surface area contributed by atoms with Gasteiger partial charge in [-0.25, -0.2) is 15.0 Å². The number of thiophene rings is 1. The molecule has 1 atom stereocenters. The molecule has 2 aliphatic rings. The van der Waals surface area contributed by atoms with Gasteiger partial charge in [-0.3, -0.25) is 0 Å². The van der Waals surface area contributed by atoms with Crippen molar-refractivity contribution in [1.82, 2.24) is 24.8 Å². The average Bonchev–Trinajstić information content (AvgIpc) is 3.51. The highest BCUT2D eigenvalue weighted by molar-refractivity contribution is 7.22. The molecule has 0 amide bonds. The van der Waals surface area contributed by atoms with Crippen LogP contribution in [0.1, 0.15) is 25.7 Å². The van der Waals surface area contributed by atoms with Crippen LogP contribution < -0.4 is 14.4 Å². The van der Waals surface area contributed by atoms with Crippen LogP contribution in [0.3, 0.4) is 0 Å². The molecule has 0 radical (unpaired) electrons. The fourth-order valence-electron chi connectivity index (χ4n) is 4.59. The number of nitrogens with zero attached hydrogens (tertiary/aromatic N) is 6. The van der Waals surface area contributed by atoms with E-state index in [4.69, 9.17) is 14.2 Å². The highest BCUT2D eigenvalue weighted by atomic mass is 32.1. The number of methoxy groups -OCH3 is 2. The number of fused-ring (bicyclic) bond motifs is 1. The zero-order valence-electron chi connectivity index (χ0n) is 19.2. The summed E-state index contributed by atoms with van der Waals surface area (Å²) in [5.41, 5.74) is 0.813. The first-order valence-corrected chi connectivity index (χ1v) is 12.4. The SMILES string of the molecule is COc1ncc(-c2cc3c(N4CCC(OCCN5CCCCC5)C4)ncnc3s2)c(OC)n1. The number of hydrogen-bond acceptors (Lipinski definition) is 10. The fourth-order valence-corrected chi connectivity index (χ4v) is 5.58. The van der Waals surface area contributed by atoms with Crippen molar-refractivity contribution in [3.63, 3.8) is 0 Å². The van der Waals surface area contributed by atoms with Crippen LogP contribution in [0.2, 0.25) is 0 Å². The van der Waals surface area contributed by atoms with Crippen LogP contribution in [0, 0.1) is 0 Å². The summed E-state index contributed by atoms with van der Waals surface area (Å²) in [4.78, 5) is 24.5. The minimum Gasteiger partial charge on any atom is -0.480 e. The largest absolute Gasteiger partial charge is 0.480 e. The monoisotopic (exact) mass is 470 g/mol. The minimum absolute atomic E-state index is 0.244. The lowest BCUT2D eigenvalue weighted by Gasteiger charge is -2.26.